The van der Waals surface area contributed by atoms with Gasteiger partial charge in [0.1, 0.15) is 0 Å². The zero-order chi connectivity index (χ0) is 13.4. The number of hydrogen-bond acceptors (Lipinski definition) is 3. The summed E-state index contributed by atoms with van der Waals surface area (Å²) >= 11 is 0. The topological polar surface area (TPSA) is 78.1 Å². The van der Waals surface area contributed by atoms with Crippen LogP contribution in [0.1, 0.15) is 43.7 Å². The predicted molar refractivity (Wildman–Crippen MR) is 77.8 cm³/mol. The first kappa shape index (κ1) is 15.2. The van der Waals surface area contributed by atoms with Crippen molar-refractivity contribution in [1.29, 1.82) is 0 Å². The number of nitrogens with two attached hydrogens (primary N) is 3. The lowest BCUT2D eigenvalue weighted by Gasteiger charge is -2.22. The molecule has 0 aromatic heterocycles. The second kappa shape index (κ2) is 8.25. The van der Waals surface area contributed by atoms with E-state index in [1.165, 1.54) is 25.7 Å². The Hall–Kier alpha value is -0.900. The molecule has 102 valence electrons. The van der Waals surface area contributed by atoms with E-state index >= 15 is 0 Å². The van der Waals surface area contributed by atoms with E-state index in [-0.39, 0.29) is 0 Å². The molecule has 6 N–H and O–H groups in total. The van der Waals surface area contributed by atoms with Crippen LogP contribution in [0.25, 0.3) is 0 Å². The molecule has 0 radical (unpaired) electrons. The van der Waals surface area contributed by atoms with Crippen LogP contribution in [0, 0.1) is 5.92 Å². The Morgan fingerprint density at radius 1 is 1.00 bits per heavy atom. The molecule has 1 aliphatic rings. The zero-order valence-corrected chi connectivity index (χ0v) is 11.4. The Labute approximate surface area is 111 Å². The highest BCUT2D eigenvalue weighted by Crippen LogP contribution is 2.21. The van der Waals surface area contributed by atoms with Crippen molar-refractivity contribution in [1.82, 2.24) is 0 Å². The first-order valence-corrected chi connectivity index (χ1v) is 6.89. The lowest BCUT2D eigenvalue weighted by atomic mass is 9.88. The van der Waals surface area contributed by atoms with Gasteiger partial charge in [-0.05, 0) is 42.7 Å². The van der Waals surface area contributed by atoms with Gasteiger partial charge in [-0.2, -0.15) is 0 Å². The van der Waals surface area contributed by atoms with Gasteiger partial charge in [-0.1, -0.05) is 31.2 Å². The fourth-order valence-electron chi connectivity index (χ4n) is 2.17. The van der Waals surface area contributed by atoms with Crippen LogP contribution in [0.3, 0.4) is 0 Å². The highest BCUT2D eigenvalue weighted by Gasteiger charge is 2.13. The van der Waals surface area contributed by atoms with Crippen LogP contribution in [-0.4, -0.2) is 6.04 Å². The molecule has 3 heteroatoms. The van der Waals surface area contributed by atoms with Crippen molar-refractivity contribution in [3.05, 3.63) is 35.4 Å². The molecule has 0 atom stereocenters. The fourth-order valence-corrected chi connectivity index (χ4v) is 2.17. The molecule has 2 rings (SSSR count). The smallest absolute Gasteiger partial charge is 0.0178 e. The van der Waals surface area contributed by atoms with Gasteiger partial charge in [0.25, 0.3) is 0 Å². The number of hydrogen-bond donors (Lipinski definition) is 3. The quantitative estimate of drug-likeness (QED) is 0.751. The van der Waals surface area contributed by atoms with Gasteiger partial charge in [0.2, 0.25) is 0 Å². The van der Waals surface area contributed by atoms with Crippen molar-refractivity contribution in [2.45, 2.75) is 51.7 Å². The molecule has 1 saturated carbocycles. The highest BCUT2D eigenvalue weighted by atomic mass is 14.6. The summed E-state index contributed by atoms with van der Waals surface area (Å²) in [4.78, 5) is 0. The summed E-state index contributed by atoms with van der Waals surface area (Å²) in [6.45, 7) is 3.49. The van der Waals surface area contributed by atoms with E-state index in [2.05, 4.69) is 6.92 Å². The van der Waals surface area contributed by atoms with E-state index in [1.807, 2.05) is 24.3 Å². The minimum Gasteiger partial charge on any atom is -0.328 e. The maximum Gasteiger partial charge on any atom is 0.0178 e. The standard InChI is InChI=1S/C8H12N2.C7H15N/c9-5-7-2-1-3-8(4-7)6-10;1-6-2-4-7(8)5-3-6/h1-4H,5-6,9-10H2;6-7H,2-5,8H2,1H3. The minimum absolute atomic E-state index is 0.520. The van der Waals surface area contributed by atoms with Crippen molar-refractivity contribution in [3.63, 3.8) is 0 Å². The Morgan fingerprint density at radius 3 is 1.89 bits per heavy atom. The predicted octanol–water partition coefficient (Wildman–Crippen LogP) is 2.13. The molecule has 18 heavy (non-hydrogen) atoms. The summed E-state index contributed by atoms with van der Waals surface area (Å²) in [7, 11) is 0. The molecule has 1 fully saturated rings. The molecule has 0 spiro atoms. The van der Waals surface area contributed by atoms with Gasteiger partial charge in [0, 0.05) is 19.1 Å². The van der Waals surface area contributed by atoms with Gasteiger partial charge in [-0.25, -0.2) is 0 Å². The van der Waals surface area contributed by atoms with E-state index in [9.17, 15) is 0 Å². The van der Waals surface area contributed by atoms with E-state index in [0.717, 1.165) is 17.0 Å². The highest BCUT2D eigenvalue weighted by molar-refractivity contribution is 5.22. The third-order valence-electron chi connectivity index (χ3n) is 3.52. The van der Waals surface area contributed by atoms with Crippen LogP contribution in [0.5, 0.6) is 0 Å². The average molecular weight is 249 g/mol. The van der Waals surface area contributed by atoms with Gasteiger partial charge >= 0.3 is 0 Å². The summed E-state index contributed by atoms with van der Waals surface area (Å²) < 4.78 is 0. The van der Waals surface area contributed by atoms with E-state index in [0.29, 0.717) is 19.1 Å². The average Bonchev–Trinajstić information content (AvgIpc) is 2.43. The molecule has 1 aliphatic carbocycles. The molecule has 1 aromatic rings. The van der Waals surface area contributed by atoms with Crippen LogP contribution in [0.2, 0.25) is 0 Å². The monoisotopic (exact) mass is 249 g/mol. The van der Waals surface area contributed by atoms with Crippen LogP contribution < -0.4 is 17.2 Å². The molecule has 0 heterocycles. The van der Waals surface area contributed by atoms with E-state index < -0.39 is 0 Å². The Morgan fingerprint density at radius 2 is 1.50 bits per heavy atom. The number of rotatable bonds is 2. The molecule has 3 nitrogen and oxygen atoms in total. The molecular weight excluding hydrogens is 222 g/mol. The first-order valence-electron chi connectivity index (χ1n) is 6.89. The van der Waals surface area contributed by atoms with Gasteiger partial charge in [-0.3, -0.25) is 0 Å². The van der Waals surface area contributed by atoms with E-state index in [1.54, 1.807) is 0 Å². The van der Waals surface area contributed by atoms with Crippen LogP contribution in [0.4, 0.5) is 0 Å². The fraction of sp³-hybridized carbons (Fsp3) is 0.600. The molecular formula is C15H27N3. The van der Waals surface area contributed by atoms with E-state index in [4.69, 9.17) is 17.2 Å². The SMILES string of the molecule is CC1CCC(N)CC1.NCc1cccc(CN)c1. The number of benzene rings is 1. The summed E-state index contributed by atoms with van der Waals surface area (Å²) in [6.07, 6.45) is 5.20. The summed E-state index contributed by atoms with van der Waals surface area (Å²) in [5.74, 6) is 0.940. The largest absolute Gasteiger partial charge is 0.328 e. The van der Waals surface area contributed by atoms with Gasteiger partial charge in [0.05, 0.1) is 0 Å². The Bertz CT molecular complexity index is 301. The third kappa shape index (κ3) is 5.63. The second-order valence-corrected chi connectivity index (χ2v) is 5.25. The van der Waals surface area contributed by atoms with Crippen LogP contribution >= 0.6 is 0 Å². The maximum absolute atomic E-state index is 5.70. The molecule has 0 aliphatic heterocycles. The van der Waals surface area contributed by atoms with Crippen LogP contribution in [-0.2, 0) is 13.1 Å². The lowest BCUT2D eigenvalue weighted by molar-refractivity contribution is 0.348. The maximum atomic E-state index is 5.70. The molecule has 0 amide bonds. The van der Waals surface area contributed by atoms with Gasteiger partial charge in [0.15, 0.2) is 0 Å². The molecule has 0 saturated heterocycles. The lowest BCUT2D eigenvalue weighted by Crippen LogP contribution is -2.25. The summed E-state index contributed by atoms with van der Waals surface area (Å²) in [5, 5.41) is 0. The normalized spacial score (nSPS) is 23.1. The molecule has 0 bridgehead atoms. The van der Waals surface area contributed by atoms with Crippen molar-refractivity contribution in [3.8, 4) is 0 Å². The molecule has 0 unspecified atom stereocenters. The van der Waals surface area contributed by atoms with Crippen molar-refractivity contribution < 1.29 is 0 Å². The molecule has 1 aromatic carbocycles. The van der Waals surface area contributed by atoms with Crippen molar-refractivity contribution >= 4 is 0 Å². The van der Waals surface area contributed by atoms with Crippen LogP contribution in [0.15, 0.2) is 24.3 Å². The summed E-state index contributed by atoms with van der Waals surface area (Å²) in [6, 6.07) is 8.52. The zero-order valence-electron chi connectivity index (χ0n) is 11.4. The van der Waals surface area contributed by atoms with Crippen molar-refractivity contribution in [2.24, 2.45) is 23.1 Å². The Kier molecular flexibility index (Phi) is 6.94. The minimum atomic E-state index is 0.520. The second-order valence-electron chi connectivity index (χ2n) is 5.25. The first-order chi connectivity index (χ1) is 8.65. The third-order valence-corrected chi connectivity index (χ3v) is 3.52. The summed E-state index contributed by atoms with van der Waals surface area (Å²) in [5.41, 5.74) is 18.8. The van der Waals surface area contributed by atoms with Gasteiger partial charge < -0.3 is 17.2 Å². The van der Waals surface area contributed by atoms with Crippen molar-refractivity contribution in [2.75, 3.05) is 0 Å². The Balaban J connectivity index is 0.000000184. The van der Waals surface area contributed by atoms with Gasteiger partial charge in [-0.15, -0.1) is 0 Å².